The van der Waals surface area contributed by atoms with Crippen molar-refractivity contribution in [1.82, 2.24) is 4.90 Å². The number of nitrogens with two attached hydrogens (primary N) is 1. The molecule has 1 saturated heterocycles. The van der Waals surface area contributed by atoms with Crippen LogP contribution in [0.4, 0.5) is 0 Å². The molecule has 1 aliphatic rings. The van der Waals surface area contributed by atoms with Gasteiger partial charge in [-0.3, -0.25) is 0 Å². The van der Waals surface area contributed by atoms with E-state index < -0.39 is 0 Å². The van der Waals surface area contributed by atoms with Crippen molar-refractivity contribution in [3.05, 3.63) is 35.9 Å². The zero-order chi connectivity index (χ0) is 12.1. The van der Waals surface area contributed by atoms with Crippen LogP contribution in [0.2, 0.25) is 0 Å². The summed E-state index contributed by atoms with van der Waals surface area (Å²) in [6, 6.07) is 11.2. The Kier molecular flexibility index (Phi) is 4.57. The van der Waals surface area contributed by atoms with Crippen molar-refractivity contribution >= 4 is 0 Å². The molecule has 2 heteroatoms. The maximum Gasteiger partial charge on any atom is 0.0167 e. The van der Waals surface area contributed by atoms with Crippen LogP contribution in [-0.4, -0.2) is 30.6 Å². The van der Waals surface area contributed by atoms with Crippen LogP contribution in [0, 0.1) is 0 Å². The average Bonchev–Trinajstić information content (AvgIpc) is 2.79. The lowest BCUT2D eigenvalue weighted by Crippen LogP contribution is -2.36. The van der Waals surface area contributed by atoms with E-state index in [9.17, 15) is 0 Å². The Morgan fingerprint density at radius 2 is 2.12 bits per heavy atom. The Labute approximate surface area is 105 Å². The zero-order valence-corrected chi connectivity index (χ0v) is 10.8. The molecule has 1 aromatic carbocycles. The van der Waals surface area contributed by atoms with E-state index in [2.05, 4.69) is 42.2 Å². The smallest absolute Gasteiger partial charge is 0.0167 e. The van der Waals surface area contributed by atoms with Gasteiger partial charge in [-0.05, 0) is 30.9 Å². The highest BCUT2D eigenvalue weighted by atomic mass is 15.2. The highest BCUT2D eigenvalue weighted by Gasteiger charge is 2.24. The van der Waals surface area contributed by atoms with Crippen molar-refractivity contribution < 1.29 is 0 Å². The molecule has 2 N–H and O–H groups in total. The molecule has 0 saturated carbocycles. The lowest BCUT2D eigenvalue weighted by molar-refractivity contribution is 0.303. The topological polar surface area (TPSA) is 29.3 Å². The highest BCUT2D eigenvalue weighted by Crippen LogP contribution is 2.26. The van der Waals surface area contributed by atoms with Crippen LogP contribution in [0.5, 0.6) is 0 Å². The highest BCUT2D eigenvalue weighted by molar-refractivity contribution is 5.21. The summed E-state index contributed by atoms with van der Waals surface area (Å²) in [5.74, 6) is 0.713. The lowest BCUT2D eigenvalue weighted by atomic mass is 9.99. The molecule has 0 aromatic heterocycles. The minimum Gasteiger partial charge on any atom is -0.327 e. The quantitative estimate of drug-likeness (QED) is 0.845. The molecule has 1 aromatic rings. The summed E-state index contributed by atoms with van der Waals surface area (Å²) in [6.07, 6.45) is 3.62. The molecule has 2 rings (SSSR count). The van der Waals surface area contributed by atoms with Gasteiger partial charge >= 0.3 is 0 Å². The fraction of sp³-hybridized carbons (Fsp3) is 0.600. The van der Waals surface area contributed by atoms with Gasteiger partial charge in [-0.1, -0.05) is 43.7 Å². The molecular weight excluding hydrogens is 208 g/mol. The SMILES string of the molecule is CCCC(N)CN1CCC(c2ccccc2)C1. The Morgan fingerprint density at radius 1 is 1.35 bits per heavy atom. The molecule has 94 valence electrons. The van der Waals surface area contributed by atoms with E-state index in [-0.39, 0.29) is 0 Å². The first kappa shape index (κ1) is 12.6. The van der Waals surface area contributed by atoms with Gasteiger partial charge in [-0.25, -0.2) is 0 Å². The number of likely N-dealkylation sites (tertiary alicyclic amines) is 1. The van der Waals surface area contributed by atoms with E-state index in [0.717, 1.165) is 13.0 Å². The molecule has 0 spiro atoms. The molecular formula is C15H24N2. The molecule has 1 heterocycles. The second-order valence-electron chi connectivity index (χ2n) is 5.20. The van der Waals surface area contributed by atoms with Crippen LogP contribution >= 0.6 is 0 Å². The third-order valence-electron chi connectivity index (χ3n) is 3.70. The van der Waals surface area contributed by atoms with Crippen LogP contribution in [0.25, 0.3) is 0 Å². The predicted molar refractivity (Wildman–Crippen MR) is 73.1 cm³/mol. The summed E-state index contributed by atoms with van der Waals surface area (Å²) in [4.78, 5) is 2.53. The first-order valence-electron chi connectivity index (χ1n) is 6.82. The molecule has 2 unspecified atom stereocenters. The molecule has 2 atom stereocenters. The van der Waals surface area contributed by atoms with E-state index in [1.807, 2.05) is 0 Å². The van der Waals surface area contributed by atoms with Crippen molar-refractivity contribution in [1.29, 1.82) is 0 Å². The summed E-state index contributed by atoms with van der Waals surface area (Å²) < 4.78 is 0. The average molecular weight is 232 g/mol. The Balaban J connectivity index is 1.83. The monoisotopic (exact) mass is 232 g/mol. The van der Waals surface area contributed by atoms with Gasteiger partial charge in [0, 0.05) is 19.1 Å². The van der Waals surface area contributed by atoms with Gasteiger partial charge in [-0.15, -0.1) is 0 Å². The number of rotatable bonds is 5. The first-order chi connectivity index (χ1) is 8.29. The molecule has 2 nitrogen and oxygen atoms in total. The molecule has 1 aliphatic heterocycles. The second-order valence-corrected chi connectivity index (χ2v) is 5.20. The number of benzene rings is 1. The maximum atomic E-state index is 6.11. The fourth-order valence-corrected chi connectivity index (χ4v) is 2.79. The van der Waals surface area contributed by atoms with Gasteiger partial charge in [0.05, 0.1) is 0 Å². The maximum absolute atomic E-state index is 6.11. The van der Waals surface area contributed by atoms with Gasteiger partial charge in [0.1, 0.15) is 0 Å². The minimum atomic E-state index is 0.356. The number of nitrogens with zero attached hydrogens (tertiary/aromatic N) is 1. The van der Waals surface area contributed by atoms with E-state index >= 15 is 0 Å². The minimum absolute atomic E-state index is 0.356. The van der Waals surface area contributed by atoms with Crippen molar-refractivity contribution in [2.75, 3.05) is 19.6 Å². The fourth-order valence-electron chi connectivity index (χ4n) is 2.79. The first-order valence-corrected chi connectivity index (χ1v) is 6.82. The summed E-state index contributed by atoms with van der Waals surface area (Å²) in [5.41, 5.74) is 7.59. The Bertz CT molecular complexity index is 323. The van der Waals surface area contributed by atoms with E-state index in [4.69, 9.17) is 5.73 Å². The van der Waals surface area contributed by atoms with Crippen LogP contribution in [0.3, 0.4) is 0 Å². The van der Waals surface area contributed by atoms with Gasteiger partial charge in [0.25, 0.3) is 0 Å². The summed E-state index contributed by atoms with van der Waals surface area (Å²) >= 11 is 0. The molecule has 17 heavy (non-hydrogen) atoms. The van der Waals surface area contributed by atoms with E-state index in [0.29, 0.717) is 12.0 Å². The third kappa shape index (κ3) is 3.55. The van der Waals surface area contributed by atoms with E-state index in [1.54, 1.807) is 0 Å². The standard InChI is InChI=1S/C15H24N2/c1-2-6-15(16)12-17-10-9-14(11-17)13-7-4-3-5-8-13/h3-5,7-8,14-15H,2,6,9-12,16H2,1H3. The van der Waals surface area contributed by atoms with Crippen LogP contribution < -0.4 is 5.73 Å². The van der Waals surface area contributed by atoms with Crippen molar-refractivity contribution in [2.24, 2.45) is 5.73 Å². The van der Waals surface area contributed by atoms with Gasteiger partial charge in [-0.2, -0.15) is 0 Å². The summed E-state index contributed by atoms with van der Waals surface area (Å²) in [5, 5.41) is 0. The van der Waals surface area contributed by atoms with Gasteiger partial charge in [0.15, 0.2) is 0 Å². The summed E-state index contributed by atoms with van der Waals surface area (Å²) in [6.45, 7) is 5.66. The van der Waals surface area contributed by atoms with Crippen molar-refractivity contribution in [3.8, 4) is 0 Å². The number of hydrogen-bond acceptors (Lipinski definition) is 2. The van der Waals surface area contributed by atoms with Gasteiger partial charge in [0.2, 0.25) is 0 Å². The molecule has 0 aliphatic carbocycles. The van der Waals surface area contributed by atoms with Crippen LogP contribution in [0.15, 0.2) is 30.3 Å². The molecule has 0 bridgehead atoms. The van der Waals surface area contributed by atoms with Crippen LogP contribution in [0.1, 0.15) is 37.7 Å². The predicted octanol–water partition coefficient (Wildman–Crippen LogP) is 2.60. The summed E-state index contributed by atoms with van der Waals surface area (Å²) in [7, 11) is 0. The molecule has 0 amide bonds. The second kappa shape index (κ2) is 6.18. The van der Waals surface area contributed by atoms with Gasteiger partial charge < -0.3 is 10.6 Å². The molecule has 1 fully saturated rings. The Hall–Kier alpha value is -0.860. The normalized spacial score (nSPS) is 22.8. The number of hydrogen-bond donors (Lipinski definition) is 1. The third-order valence-corrected chi connectivity index (χ3v) is 3.70. The largest absolute Gasteiger partial charge is 0.327 e. The Morgan fingerprint density at radius 3 is 2.82 bits per heavy atom. The van der Waals surface area contributed by atoms with Crippen molar-refractivity contribution in [2.45, 2.75) is 38.1 Å². The van der Waals surface area contributed by atoms with Crippen LogP contribution in [-0.2, 0) is 0 Å². The zero-order valence-electron chi connectivity index (χ0n) is 10.8. The van der Waals surface area contributed by atoms with E-state index in [1.165, 1.54) is 31.5 Å². The molecule has 0 radical (unpaired) electrons. The van der Waals surface area contributed by atoms with Crippen molar-refractivity contribution in [3.63, 3.8) is 0 Å². The lowest BCUT2D eigenvalue weighted by Gasteiger charge is -2.20.